The number of benzene rings is 2. The van der Waals surface area contributed by atoms with E-state index in [2.05, 4.69) is 10.4 Å². The minimum atomic E-state index is -1.18. The summed E-state index contributed by atoms with van der Waals surface area (Å²) < 4.78 is 1.66. The summed E-state index contributed by atoms with van der Waals surface area (Å²) in [4.78, 5) is 30.0. The second kappa shape index (κ2) is 8.74. The molecule has 2 aromatic carbocycles. The number of fused-ring (bicyclic) bond motifs is 1. The van der Waals surface area contributed by atoms with Crippen LogP contribution in [0.15, 0.2) is 72.1 Å². The molecule has 0 unspecified atom stereocenters. The van der Waals surface area contributed by atoms with E-state index in [1.54, 1.807) is 46.0 Å². The lowest BCUT2D eigenvalue weighted by Crippen LogP contribution is -2.64. The van der Waals surface area contributed by atoms with Gasteiger partial charge in [-0.15, -0.1) is 11.3 Å². The van der Waals surface area contributed by atoms with Crippen LogP contribution in [0.1, 0.15) is 28.5 Å². The first-order chi connectivity index (χ1) is 16.3. The second-order valence-electron chi connectivity index (χ2n) is 8.61. The number of anilines is 1. The fourth-order valence-corrected chi connectivity index (χ4v) is 5.01. The van der Waals surface area contributed by atoms with E-state index in [4.69, 9.17) is 11.6 Å². The number of carbonyl (C=O) groups excluding carboxylic acids is 2. The molecular formula is C26H23ClN4O2S. The number of amides is 2. The monoisotopic (exact) mass is 490 g/mol. The summed E-state index contributed by atoms with van der Waals surface area (Å²) in [5.74, 6) is -0.509. The molecular weight excluding hydrogens is 468 g/mol. The lowest BCUT2D eigenvalue weighted by molar-refractivity contribution is -0.126. The lowest BCUT2D eigenvalue weighted by atomic mass is 9.93. The average molecular weight is 491 g/mol. The molecule has 2 aromatic heterocycles. The summed E-state index contributed by atoms with van der Waals surface area (Å²) in [6, 6.07) is 20.7. The summed E-state index contributed by atoms with van der Waals surface area (Å²) >= 11 is 7.54. The summed E-state index contributed by atoms with van der Waals surface area (Å²) in [6.07, 6.45) is 0. The molecule has 0 radical (unpaired) electrons. The molecule has 172 valence electrons. The van der Waals surface area contributed by atoms with E-state index in [1.165, 1.54) is 0 Å². The fraction of sp³-hybridized carbons (Fsp3) is 0.192. The molecule has 0 spiro atoms. The van der Waals surface area contributed by atoms with Gasteiger partial charge in [0.2, 0.25) is 5.91 Å². The average Bonchev–Trinajstić information content (AvgIpc) is 3.50. The maximum Gasteiger partial charge on any atom is 0.277 e. The zero-order chi connectivity index (χ0) is 23.9. The minimum Gasteiger partial charge on any atom is -0.350 e. The minimum absolute atomic E-state index is 0.236. The number of nitrogens with one attached hydrogen (secondary N) is 1. The topological polar surface area (TPSA) is 67.2 Å². The van der Waals surface area contributed by atoms with Crippen molar-refractivity contribution in [3.8, 4) is 10.6 Å². The van der Waals surface area contributed by atoms with Crippen LogP contribution in [-0.4, -0.2) is 27.1 Å². The van der Waals surface area contributed by atoms with Crippen LogP contribution in [0.4, 0.5) is 5.69 Å². The third-order valence-electron chi connectivity index (χ3n) is 6.07. The number of halogens is 1. The van der Waals surface area contributed by atoms with Gasteiger partial charge in [-0.2, -0.15) is 5.10 Å². The number of hydrogen-bond acceptors (Lipinski definition) is 4. The van der Waals surface area contributed by atoms with Crippen LogP contribution in [0, 0.1) is 6.92 Å². The Morgan fingerprint density at radius 1 is 1.15 bits per heavy atom. The zero-order valence-electron chi connectivity index (χ0n) is 18.8. The van der Waals surface area contributed by atoms with Gasteiger partial charge in [0.1, 0.15) is 16.9 Å². The smallest absolute Gasteiger partial charge is 0.277 e. The van der Waals surface area contributed by atoms with Crippen molar-refractivity contribution in [2.24, 2.45) is 0 Å². The largest absolute Gasteiger partial charge is 0.350 e. The van der Waals surface area contributed by atoms with Crippen molar-refractivity contribution in [1.82, 2.24) is 15.1 Å². The number of aryl methyl sites for hydroxylation is 1. The van der Waals surface area contributed by atoms with Crippen LogP contribution in [0.2, 0.25) is 5.02 Å². The number of aromatic nitrogens is 2. The third kappa shape index (κ3) is 4.02. The molecule has 6 nitrogen and oxygen atoms in total. The molecule has 4 aromatic rings. The Balaban J connectivity index is 1.52. The predicted octanol–water partition coefficient (Wildman–Crippen LogP) is 5.31. The number of thiophene rings is 1. The third-order valence-corrected chi connectivity index (χ3v) is 7.22. The van der Waals surface area contributed by atoms with Gasteiger partial charge in [-0.3, -0.25) is 19.2 Å². The maximum absolute atomic E-state index is 13.8. The number of nitrogens with zero attached hydrogens (tertiary/aromatic N) is 3. The molecule has 1 atom stereocenters. The lowest BCUT2D eigenvalue weighted by Gasteiger charge is -2.43. The van der Waals surface area contributed by atoms with Gasteiger partial charge < -0.3 is 5.32 Å². The number of rotatable bonds is 5. The van der Waals surface area contributed by atoms with Crippen LogP contribution < -0.4 is 10.2 Å². The Hall–Kier alpha value is -3.42. The van der Waals surface area contributed by atoms with Crippen LogP contribution >= 0.6 is 22.9 Å². The van der Waals surface area contributed by atoms with Crippen molar-refractivity contribution in [1.29, 1.82) is 0 Å². The maximum atomic E-state index is 13.8. The van der Waals surface area contributed by atoms with Gasteiger partial charge in [0, 0.05) is 17.3 Å². The van der Waals surface area contributed by atoms with E-state index < -0.39 is 5.54 Å². The standard InChI is InChI=1S/C26H23ClN4O2S/c1-17-5-11-20(12-6-17)31-24(32)22-14-21(23-4-3-13-34-23)29-30(22)16-26(31,2)25(33)28-15-18-7-9-19(27)10-8-18/h3-14H,15-16H2,1-2H3,(H,28,33)/t26-/m0/s1. The quantitative estimate of drug-likeness (QED) is 0.412. The van der Waals surface area contributed by atoms with Crippen LogP contribution in [0.25, 0.3) is 10.6 Å². The van der Waals surface area contributed by atoms with Crippen LogP contribution in [0.3, 0.4) is 0 Å². The Kier molecular flexibility index (Phi) is 5.75. The molecule has 0 fully saturated rings. The summed E-state index contributed by atoms with van der Waals surface area (Å²) in [6.45, 7) is 4.34. The predicted molar refractivity (Wildman–Crippen MR) is 135 cm³/mol. The molecule has 5 rings (SSSR count). The summed E-state index contributed by atoms with van der Waals surface area (Å²) in [5.41, 5.74) is 2.69. The van der Waals surface area contributed by atoms with E-state index >= 15 is 0 Å². The van der Waals surface area contributed by atoms with E-state index in [0.29, 0.717) is 22.9 Å². The first-order valence-corrected chi connectivity index (χ1v) is 12.2. The zero-order valence-corrected chi connectivity index (χ0v) is 20.4. The highest BCUT2D eigenvalue weighted by molar-refractivity contribution is 7.13. The Labute approximate surface area is 206 Å². The van der Waals surface area contributed by atoms with Gasteiger partial charge in [0.25, 0.3) is 5.91 Å². The number of hydrogen-bond donors (Lipinski definition) is 1. The summed E-state index contributed by atoms with van der Waals surface area (Å²) in [5, 5.41) is 10.3. The summed E-state index contributed by atoms with van der Waals surface area (Å²) in [7, 11) is 0. The van der Waals surface area contributed by atoms with Gasteiger partial charge in [-0.05, 0) is 61.2 Å². The Bertz CT molecular complexity index is 1350. The highest BCUT2D eigenvalue weighted by atomic mass is 35.5. The van der Waals surface area contributed by atoms with Gasteiger partial charge in [0.15, 0.2) is 0 Å². The van der Waals surface area contributed by atoms with Crippen LogP contribution in [-0.2, 0) is 17.9 Å². The van der Waals surface area contributed by atoms with Gasteiger partial charge >= 0.3 is 0 Å². The van der Waals surface area contributed by atoms with Crippen molar-refractivity contribution in [3.05, 3.63) is 94.0 Å². The SMILES string of the molecule is Cc1ccc(N2C(=O)c3cc(-c4cccs4)nn3C[C@@]2(C)C(=O)NCc2ccc(Cl)cc2)cc1. The second-order valence-corrected chi connectivity index (χ2v) is 9.99. The van der Waals surface area contributed by atoms with Gasteiger partial charge in [0.05, 0.1) is 11.4 Å². The highest BCUT2D eigenvalue weighted by Crippen LogP contribution is 2.35. The fourth-order valence-electron chi connectivity index (χ4n) is 4.20. The molecule has 1 aliphatic heterocycles. The van der Waals surface area contributed by atoms with Crippen molar-refractivity contribution >= 4 is 40.4 Å². The van der Waals surface area contributed by atoms with Crippen molar-refractivity contribution in [2.45, 2.75) is 32.5 Å². The van der Waals surface area contributed by atoms with E-state index in [1.807, 2.05) is 60.8 Å². The molecule has 0 saturated carbocycles. The van der Waals surface area contributed by atoms with E-state index in [-0.39, 0.29) is 18.4 Å². The molecule has 1 N–H and O–H groups in total. The molecule has 3 heterocycles. The Morgan fingerprint density at radius 3 is 2.56 bits per heavy atom. The van der Waals surface area contributed by atoms with Crippen molar-refractivity contribution < 1.29 is 9.59 Å². The molecule has 2 amide bonds. The molecule has 34 heavy (non-hydrogen) atoms. The first kappa shape index (κ1) is 22.4. The Morgan fingerprint density at radius 2 is 1.88 bits per heavy atom. The first-order valence-electron chi connectivity index (χ1n) is 10.9. The van der Waals surface area contributed by atoms with Crippen molar-refractivity contribution in [3.63, 3.8) is 0 Å². The highest BCUT2D eigenvalue weighted by Gasteiger charge is 2.48. The van der Waals surface area contributed by atoms with E-state index in [9.17, 15) is 9.59 Å². The van der Waals surface area contributed by atoms with Gasteiger partial charge in [-0.25, -0.2) is 0 Å². The van der Waals surface area contributed by atoms with E-state index in [0.717, 1.165) is 21.7 Å². The normalized spacial score (nSPS) is 17.5. The number of carbonyl (C=O) groups is 2. The van der Waals surface area contributed by atoms with Crippen molar-refractivity contribution in [2.75, 3.05) is 4.90 Å². The molecule has 0 saturated heterocycles. The molecule has 0 bridgehead atoms. The molecule has 8 heteroatoms. The molecule has 0 aliphatic carbocycles. The van der Waals surface area contributed by atoms with Crippen LogP contribution in [0.5, 0.6) is 0 Å². The van der Waals surface area contributed by atoms with Gasteiger partial charge in [-0.1, -0.05) is 47.5 Å². The molecule has 1 aliphatic rings.